The number of H-pyrrole nitrogens is 1. The van der Waals surface area contributed by atoms with Crippen molar-refractivity contribution in [3.8, 4) is 11.5 Å². The van der Waals surface area contributed by atoms with Crippen molar-refractivity contribution >= 4 is 46.3 Å². The van der Waals surface area contributed by atoms with Gasteiger partial charge in [0.2, 0.25) is 0 Å². The largest absolute Gasteiger partial charge is 0.493 e. The number of carbonyl (C=O) groups is 2. The summed E-state index contributed by atoms with van der Waals surface area (Å²) in [7, 11) is 0. The Hall–Kier alpha value is -3.92. The van der Waals surface area contributed by atoms with E-state index in [-0.39, 0.29) is 13.2 Å². The first-order chi connectivity index (χ1) is 20.8. The highest BCUT2D eigenvalue weighted by molar-refractivity contribution is 6.31. The number of benzene rings is 3. The molecule has 0 bridgehead atoms. The van der Waals surface area contributed by atoms with Crippen molar-refractivity contribution in [2.75, 3.05) is 26.3 Å². The fourth-order valence-electron chi connectivity index (χ4n) is 5.07. The van der Waals surface area contributed by atoms with Crippen LogP contribution in [0.4, 0.5) is 9.59 Å². The van der Waals surface area contributed by atoms with Gasteiger partial charge < -0.3 is 29.6 Å². The van der Waals surface area contributed by atoms with Crippen LogP contribution in [0.3, 0.4) is 0 Å². The van der Waals surface area contributed by atoms with Crippen molar-refractivity contribution in [3.05, 3.63) is 93.6 Å². The third-order valence-electron chi connectivity index (χ3n) is 7.18. The molecule has 0 aliphatic carbocycles. The first-order valence-corrected chi connectivity index (χ1v) is 14.9. The number of aliphatic hydroxyl groups is 1. The standard InChI is InChI=1S/C32H33Cl2N3O6/c1-2-16-42-31(39)35-19-23(38)14-17-41-24-8-3-20(4-9-24)30-29-26(27-18-22(34)7-12-28(27)36-29)13-15-37(30)32(40)43-25-10-5-21(33)6-11-25/h3-12,18,23,30,36,38H,2,13-17,19H2,1H3,(H,35,39)/t23?,30-/m0/s1. The van der Waals surface area contributed by atoms with Crippen molar-refractivity contribution in [2.24, 2.45) is 0 Å². The monoisotopic (exact) mass is 625 g/mol. The predicted octanol–water partition coefficient (Wildman–Crippen LogP) is 6.89. The molecular weight excluding hydrogens is 593 g/mol. The van der Waals surface area contributed by atoms with Gasteiger partial charge in [0.25, 0.3) is 0 Å². The SMILES string of the molecule is CCCOC(=O)NCC(O)CCOc1ccc([C@H]2c3[nH]c4ccc(Cl)cc4c3CCN2C(=O)Oc2ccc(Cl)cc2)cc1. The summed E-state index contributed by atoms with van der Waals surface area (Å²) in [6.45, 7) is 3.01. The fraction of sp³-hybridized carbons (Fsp3) is 0.312. The minimum Gasteiger partial charge on any atom is -0.493 e. The van der Waals surface area contributed by atoms with Gasteiger partial charge in [0.1, 0.15) is 17.5 Å². The minimum absolute atomic E-state index is 0.0759. The smallest absolute Gasteiger partial charge is 0.416 e. The summed E-state index contributed by atoms with van der Waals surface area (Å²) in [4.78, 5) is 30.3. The Morgan fingerprint density at radius 3 is 2.49 bits per heavy atom. The molecule has 2 heterocycles. The quantitative estimate of drug-likeness (QED) is 0.177. The lowest BCUT2D eigenvalue weighted by Gasteiger charge is -2.35. The van der Waals surface area contributed by atoms with E-state index in [9.17, 15) is 14.7 Å². The van der Waals surface area contributed by atoms with Gasteiger partial charge in [-0.15, -0.1) is 0 Å². The summed E-state index contributed by atoms with van der Waals surface area (Å²) in [5, 5.41) is 14.9. The van der Waals surface area contributed by atoms with Crippen LogP contribution in [0.1, 0.15) is 42.6 Å². The lowest BCUT2D eigenvalue weighted by atomic mass is 9.92. The Kier molecular flexibility index (Phi) is 9.97. The van der Waals surface area contributed by atoms with E-state index >= 15 is 0 Å². The number of aliphatic hydroxyl groups excluding tert-OH is 1. The molecule has 2 atom stereocenters. The maximum atomic E-state index is 13.5. The second-order valence-electron chi connectivity index (χ2n) is 10.3. The number of carbonyl (C=O) groups excluding carboxylic acids is 2. The second kappa shape index (κ2) is 14.0. The van der Waals surface area contributed by atoms with Crippen molar-refractivity contribution in [2.45, 2.75) is 38.3 Å². The molecule has 4 aromatic rings. The molecule has 3 aromatic carbocycles. The molecule has 1 unspecified atom stereocenters. The molecule has 1 aliphatic heterocycles. The number of fused-ring (bicyclic) bond motifs is 3. The highest BCUT2D eigenvalue weighted by Crippen LogP contribution is 2.40. The first kappa shape index (κ1) is 30.5. The van der Waals surface area contributed by atoms with Gasteiger partial charge in [-0.25, -0.2) is 9.59 Å². The molecular formula is C32H33Cl2N3O6. The Bertz CT molecular complexity index is 1560. The van der Waals surface area contributed by atoms with Crippen molar-refractivity contribution in [1.29, 1.82) is 0 Å². The average molecular weight is 627 g/mol. The first-order valence-electron chi connectivity index (χ1n) is 14.2. The van der Waals surface area contributed by atoms with Crippen molar-refractivity contribution in [1.82, 2.24) is 15.2 Å². The number of hydrogen-bond donors (Lipinski definition) is 3. The second-order valence-corrected chi connectivity index (χ2v) is 11.1. The zero-order valence-electron chi connectivity index (χ0n) is 23.6. The van der Waals surface area contributed by atoms with E-state index in [1.54, 1.807) is 29.2 Å². The molecule has 0 saturated carbocycles. The molecule has 43 heavy (non-hydrogen) atoms. The summed E-state index contributed by atoms with van der Waals surface area (Å²) in [5.41, 5.74) is 3.82. The van der Waals surface area contributed by atoms with E-state index in [1.807, 2.05) is 49.4 Å². The molecule has 0 saturated heterocycles. The molecule has 3 N–H and O–H groups in total. The fourth-order valence-corrected chi connectivity index (χ4v) is 5.37. The van der Waals surface area contributed by atoms with Gasteiger partial charge in [-0.2, -0.15) is 0 Å². The van der Waals surface area contributed by atoms with Crippen LogP contribution in [0.5, 0.6) is 11.5 Å². The topological polar surface area (TPSA) is 113 Å². The molecule has 2 amide bonds. The van der Waals surface area contributed by atoms with Gasteiger partial charge in [-0.05, 0) is 78.6 Å². The molecule has 226 valence electrons. The lowest BCUT2D eigenvalue weighted by molar-refractivity contribution is 0.118. The van der Waals surface area contributed by atoms with Gasteiger partial charge in [0.15, 0.2) is 0 Å². The molecule has 0 radical (unpaired) electrons. The van der Waals surface area contributed by atoms with E-state index < -0.39 is 24.3 Å². The van der Waals surface area contributed by atoms with E-state index in [0.29, 0.717) is 47.5 Å². The van der Waals surface area contributed by atoms with Crippen LogP contribution in [0.15, 0.2) is 66.7 Å². The minimum atomic E-state index is -0.773. The Morgan fingerprint density at radius 2 is 1.74 bits per heavy atom. The number of alkyl carbamates (subject to hydrolysis) is 1. The number of aromatic nitrogens is 1. The van der Waals surface area contributed by atoms with E-state index in [0.717, 1.165) is 34.1 Å². The van der Waals surface area contributed by atoms with Gasteiger partial charge >= 0.3 is 12.2 Å². The number of nitrogens with one attached hydrogen (secondary N) is 2. The molecule has 11 heteroatoms. The van der Waals surface area contributed by atoms with E-state index in [2.05, 4.69) is 10.3 Å². The third-order valence-corrected chi connectivity index (χ3v) is 7.66. The van der Waals surface area contributed by atoms with Gasteiger partial charge in [-0.1, -0.05) is 42.3 Å². The van der Waals surface area contributed by atoms with Crippen LogP contribution >= 0.6 is 23.2 Å². The summed E-state index contributed by atoms with van der Waals surface area (Å²) >= 11 is 12.3. The Balaban J connectivity index is 1.30. The summed E-state index contributed by atoms with van der Waals surface area (Å²) in [6, 6.07) is 19.4. The van der Waals surface area contributed by atoms with E-state index in [4.69, 9.17) is 37.4 Å². The Labute approximate surface area is 259 Å². The van der Waals surface area contributed by atoms with Gasteiger partial charge in [-0.3, -0.25) is 4.90 Å². The molecule has 9 nitrogen and oxygen atoms in total. The van der Waals surface area contributed by atoms with Gasteiger partial charge in [0.05, 0.1) is 19.3 Å². The highest BCUT2D eigenvalue weighted by Gasteiger charge is 2.35. The van der Waals surface area contributed by atoms with Crippen molar-refractivity contribution < 1.29 is 28.9 Å². The number of nitrogens with zero attached hydrogens (tertiary/aromatic N) is 1. The number of amides is 2. The van der Waals surface area contributed by atoms with Crippen LogP contribution in [-0.2, 0) is 11.2 Å². The van der Waals surface area contributed by atoms with Crippen LogP contribution < -0.4 is 14.8 Å². The zero-order chi connectivity index (χ0) is 30.3. The number of hydrogen-bond acceptors (Lipinski definition) is 6. The van der Waals surface area contributed by atoms with Crippen LogP contribution in [0.25, 0.3) is 10.9 Å². The molecule has 5 rings (SSSR count). The van der Waals surface area contributed by atoms with Gasteiger partial charge in [0, 0.05) is 46.2 Å². The van der Waals surface area contributed by atoms with E-state index in [1.165, 1.54) is 0 Å². The third kappa shape index (κ3) is 7.54. The lowest BCUT2D eigenvalue weighted by Crippen LogP contribution is -2.42. The number of rotatable bonds is 10. The normalized spacial score (nSPS) is 15.1. The van der Waals surface area contributed by atoms with Crippen LogP contribution in [0, 0.1) is 0 Å². The molecule has 1 aromatic heterocycles. The average Bonchev–Trinajstić information content (AvgIpc) is 3.38. The number of ether oxygens (including phenoxy) is 3. The number of halogens is 2. The summed E-state index contributed by atoms with van der Waals surface area (Å²) in [5.74, 6) is 1.02. The van der Waals surface area contributed by atoms with Crippen molar-refractivity contribution in [3.63, 3.8) is 0 Å². The Morgan fingerprint density at radius 1 is 1.02 bits per heavy atom. The summed E-state index contributed by atoms with van der Waals surface area (Å²) in [6.07, 6.45) is -0.110. The maximum Gasteiger partial charge on any atom is 0.416 e. The number of aromatic amines is 1. The van der Waals surface area contributed by atoms with Crippen LogP contribution in [-0.4, -0.2) is 59.6 Å². The molecule has 0 spiro atoms. The van der Waals surface area contributed by atoms with Crippen LogP contribution in [0.2, 0.25) is 10.0 Å². The predicted molar refractivity (Wildman–Crippen MR) is 165 cm³/mol. The highest BCUT2D eigenvalue weighted by atomic mass is 35.5. The zero-order valence-corrected chi connectivity index (χ0v) is 25.2. The molecule has 0 fully saturated rings. The summed E-state index contributed by atoms with van der Waals surface area (Å²) < 4.78 is 16.5. The maximum absolute atomic E-state index is 13.5. The molecule has 1 aliphatic rings.